The first-order chi connectivity index (χ1) is 8.26. The molecular formula is C12H22N4S. The van der Waals surface area contributed by atoms with Gasteiger partial charge in [-0.25, -0.2) is 9.97 Å². The van der Waals surface area contributed by atoms with Crippen molar-refractivity contribution in [2.75, 3.05) is 24.2 Å². The Morgan fingerprint density at radius 2 is 2.06 bits per heavy atom. The Balaban J connectivity index is 2.94. The highest BCUT2D eigenvalue weighted by molar-refractivity contribution is 7.98. The Bertz CT molecular complexity index is 328. The first-order valence-corrected chi connectivity index (χ1v) is 7.32. The molecule has 1 aromatic heterocycles. The van der Waals surface area contributed by atoms with Crippen LogP contribution in [0.4, 0.5) is 5.82 Å². The van der Waals surface area contributed by atoms with Gasteiger partial charge in [-0.2, -0.15) is 0 Å². The van der Waals surface area contributed by atoms with Crippen molar-refractivity contribution in [1.29, 1.82) is 0 Å². The highest BCUT2D eigenvalue weighted by Gasteiger charge is 2.16. The van der Waals surface area contributed by atoms with Gasteiger partial charge in [0.1, 0.15) is 17.2 Å². The smallest absolute Gasteiger partial charge is 0.133 e. The lowest BCUT2D eigenvalue weighted by Gasteiger charge is -2.31. The molecule has 0 aliphatic heterocycles. The molecule has 0 spiro atoms. The molecule has 0 aliphatic carbocycles. The monoisotopic (exact) mass is 254 g/mol. The molecule has 5 heteroatoms. The second-order valence-electron chi connectivity index (χ2n) is 3.87. The Hall–Kier alpha value is -0.810. The molecule has 0 bridgehead atoms. The molecule has 0 amide bonds. The van der Waals surface area contributed by atoms with Crippen LogP contribution in [0.5, 0.6) is 0 Å². The maximum atomic E-state index is 5.69. The minimum absolute atomic E-state index is 0.503. The van der Waals surface area contributed by atoms with Gasteiger partial charge in [-0.15, -0.1) is 11.8 Å². The number of hydrogen-bond acceptors (Lipinski definition) is 5. The summed E-state index contributed by atoms with van der Waals surface area (Å²) in [7, 11) is 0. The molecule has 1 aromatic rings. The molecule has 96 valence electrons. The number of anilines is 1. The van der Waals surface area contributed by atoms with E-state index in [1.165, 1.54) is 0 Å². The Morgan fingerprint density at radius 3 is 2.59 bits per heavy atom. The molecule has 4 nitrogen and oxygen atoms in total. The summed E-state index contributed by atoms with van der Waals surface area (Å²) in [6.45, 7) is 5.90. The van der Waals surface area contributed by atoms with Crippen molar-refractivity contribution in [1.82, 2.24) is 9.97 Å². The molecule has 0 unspecified atom stereocenters. The van der Waals surface area contributed by atoms with Gasteiger partial charge in [-0.3, -0.25) is 0 Å². The quantitative estimate of drug-likeness (QED) is 0.597. The van der Waals surface area contributed by atoms with E-state index in [2.05, 4.69) is 28.7 Å². The molecule has 0 saturated heterocycles. The van der Waals surface area contributed by atoms with E-state index in [4.69, 9.17) is 5.73 Å². The van der Waals surface area contributed by atoms with E-state index in [1.54, 1.807) is 18.1 Å². The molecule has 17 heavy (non-hydrogen) atoms. The average molecular weight is 254 g/mol. The van der Waals surface area contributed by atoms with Gasteiger partial charge in [0, 0.05) is 25.2 Å². The maximum absolute atomic E-state index is 5.69. The third kappa shape index (κ3) is 3.85. The van der Waals surface area contributed by atoms with Gasteiger partial charge in [-0.1, -0.05) is 13.8 Å². The highest BCUT2D eigenvalue weighted by atomic mass is 32.2. The summed E-state index contributed by atoms with van der Waals surface area (Å²) in [5.41, 5.74) is 5.69. The lowest BCUT2D eigenvalue weighted by atomic mass is 10.1. The number of rotatable bonds is 7. The van der Waals surface area contributed by atoms with Crippen LogP contribution in [0.2, 0.25) is 0 Å². The normalized spacial score (nSPS) is 10.9. The lowest BCUT2D eigenvalue weighted by molar-refractivity contribution is 0.553. The van der Waals surface area contributed by atoms with Gasteiger partial charge in [0.15, 0.2) is 0 Å². The SMILES string of the molecule is CCC(CC)N(CCN)c1cc(SC)ncn1. The average Bonchev–Trinajstić information content (AvgIpc) is 2.39. The van der Waals surface area contributed by atoms with Crippen LogP contribution in [0.25, 0.3) is 0 Å². The van der Waals surface area contributed by atoms with Crippen molar-refractivity contribution in [3.05, 3.63) is 12.4 Å². The van der Waals surface area contributed by atoms with Crippen LogP contribution in [0.15, 0.2) is 17.4 Å². The van der Waals surface area contributed by atoms with Crippen molar-refractivity contribution in [3.63, 3.8) is 0 Å². The zero-order valence-corrected chi connectivity index (χ0v) is 11.7. The zero-order valence-electron chi connectivity index (χ0n) is 10.9. The highest BCUT2D eigenvalue weighted by Crippen LogP contribution is 2.21. The number of aromatic nitrogens is 2. The first kappa shape index (κ1) is 14.3. The fraction of sp³-hybridized carbons (Fsp3) is 0.667. The second kappa shape index (κ2) is 7.50. The topological polar surface area (TPSA) is 55.0 Å². The van der Waals surface area contributed by atoms with Crippen LogP contribution in [-0.4, -0.2) is 35.4 Å². The molecule has 1 rings (SSSR count). The Labute approximate surface area is 108 Å². The maximum Gasteiger partial charge on any atom is 0.133 e. The molecule has 2 N–H and O–H groups in total. The van der Waals surface area contributed by atoms with Crippen LogP contribution in [-0.2, 0) is 0 Å². The number of hydrogen-bond donors (Lipinski definition) is 1. The van der Waals surface area contributed by atoms with Crippen molar-refractivity contribution < 1.29 is 0 Å². The van der Waals surface area contributed by atoms with E-state index in [-0.39, 0.29) is 0 Å². The van der Waals surface area contributed by atoms with E-state index in [0.717, 1.165) is 30.2 Å². The van der Waals surface area contributed by atoms with E-state index < -0.39 is 0 Å². The standard InChI is InChI=1S/C12H22N4S/c1-4-10(5-2)16(7-6-13)11-8-12(17-3)15-9-14-11/h8-10H,4-7,13H2,1-3H3. The molecule has 0 radical (unpaired) electrons. The molecule has 1 heterocycles. The summed E-state index contributed by atoms with van der Waals surface area (Å²) >= 11 is 1.64. The number of thioether (sulfide) groups is 1. The summed E-state index contributed by atoms with van der Waals surface area (Å²) in [5.74, 6) is 0.989. The van der Waals surface area contributed by atoms with Gasteiger partial charge >= 0.3 is 0 Å². The molecule has 0 aliphatic rings. The molecule has 0 saturated carbocycles. The van der Waals surface area contributed by atoms with E-state index in [0.29, 0.717) is 12.6 Å². The van der Waals surface area contributed by atoms with Crippen LogP contribution < -0.4 is 10.6 Å². The van der Waals surface area contributed by atoms with Crippen LogP contribution in [0.1, 0.15) is 26.7 Å². The van der Waals surface area contributed by atoms with Crippen LogP contribution in [0, 0.1) is 0 Å². The summed E-state index contributed by atoms with van der Waals surface area (Å²) in [4.78, 5) is 10.9. The minimum Gasteiger partial charge on any atom is -0.352 e. The van der Waals surface area contributed by atoms with Crippen molar-refractivity contribution in [3.8, 4) is 0 Å². The van der Waals surface area contributed by atoms with E-state index in [1.807, 2.05) is 12.3 Å². The third-order valence-electron chi connectivity index (χ3n) is 2.88. The number of nitrogens with zero attached hydrogens (tertiary/aromatic N) is 3. The summed E-state index contributed by atoms with van der Waals surface area (Å²) < 4.78 is 0. The van der Waals surface area contributed by atoms with E-state index in [9.17, 15) is 0 Å². The second-order valence-corrected chi connectivity index (χ2v) is 4.70. The van der Waals surface area contributed by atoms with Crippen molar-refractivity contribution in [2.24, 2.45) is 5.73 Å². The Kier molecular flexibility index (Phi) is 6.29. The van der Waals surface area contributed by atoms with E-state index >= 15 is 0 Å². The lowest BCUT2D eigenvalue weighted by Crippen LogP contribution is -2.38. The third-order valence-corrected chi connectivity index (χ3v) is 3.53. The van der Waals surface area contributed by atoms with Gasteiger partial charge in [0.2, 0.25) is 0 Å². The fourth-order valence-corrected chi connectivity index (χ4v) is 2.33. The molecule has 0 aromatic carbocycles. The molecular weight excluding hydrogens is 232 g/mol. The predicted octanol–water partition coefficient (Wildman–Crippen LogP) is 2.15. The largest absolute Gasteiger partial charge is 0.352 e. The van der Waals surface area contributed by atoms with Crippen molar-refractivity contribution >= 4 is 17.6 Å². The first-order valence-electron chi connectivity index (χ1n) is 6.09. The van der Waals surface area contributed by atoms with Gasteiger partial charge < -0.3 is 10.6 Å². The predicted molar refractivity (Wildman–Crippen MR) is 74.6 cm³/mol. The number of nitrogens with two attached hydrogens (primary N) is 1. The summed E-state index contributed by atoms with van der Waals surface area (Å²) in [6.07, 6.45) is 5.87. The van der Waals surface area contributed by atoms with Crippen LogP contribution in [0.3, 0.4) is 0 Å². The fourth-order valence-electron chi connectivity index (χ4n) is 1.95. The summed E-state index contributed by atoms with van der Waals surface area (Å²) in [5, 5.41) is 1.00. The molecule has 0 atom stereocenters. The zero-order chi connectivity index (χ0) is 12.7. The van der Waals surface area contributed by atoms with Gasteiger partial charge in [0.05, 0.1) is 0 Å². The van der Waals surface area contributed by atoms with Crippen LogP contribution >= 0.6 is 11.8 Å². The summed E-state index contributed by atoms with van der Waals surface area (Å²) in [6, 6.07) is 2.54. The minimum atomic E-state index is 0.503. The molecule has 0 fully saturated rings. The van der Waals surface area contributed by atoms with Gasteiger partial charge in [0.25, 0.3) is 0 Å². The van der Waals surface area contributed by atoms with Crippen molar-refractivity contribution in [2.45, 2.75) is 37.8 Å². The van der Waals surface area contributed by atoms with Gasteiger partial charge in [-0.05, 0) is 19.1 Å². The Morgan fingerprint density at radius 1 is 1.35 bits per heavy atom.